The normalized spacial score (nSPS) is 21.2. The van der Waals surface area contributed by atoms with E-state index < -0.39 is 23.8 Å². The zero-order valence-electron chi connectivity index (χ0n) is 30.1. The van der Waals surface area contributed by atoms with Crippen molar-refractivity contribution in [3.05, 3.63) is 83.8 Å². The molecule has 52 heavy (non-hydrogen) atoms. The monoisotopic (exact) mass is 703 g/mol. The van der Waals surface area contributed by atoms with Crippen LogP contribution in [0.25, 0.3) is 27.9 Å². The number of fused-ring (bicyclic) bond motifs is 1. The van der Waals surface area contributed by atoms with Gasteiger partial charge in [0.2, 0.25) is 5.91 Å². The molecule has 10 nitrogen and oxygen atoms in total. The Morgan fingerprint density at radius 3 is 2.37 bits per heavy atom. The molecule has 0 bridgehead atoms. The standard InChI is InChI=1S/C42H49N5O5/c1-3-4-26-5-9-28(10-6-26)29-13-15-30(16-14-29)33-22-43-39(44-23-33)31-11-7-27(8-12-31)19-38(41(49)47-24-34(25-47)42(50)51)46-40(48)37-21-32-20-35(52-2)17-18-36(32)45-37/h7-8,11-12,15,17-18,20-23,26,28-29,34,38,45H,3-6,9-10,13-14,16,19,24-25H2,1-2H3,(H,46,48)(H,50,51). The van der Waals surface area contributed by atoms with Crippen LogP contribution in [0.15, 0.2) is 67.0 Å². The zero-order chi connectivity index (χ0) is 36.2. The van der Waals surface area contributed by atoms with Gasteiger partial charge in [0.15, 0.2) is 5.82 Å². The zero-order valence-corrected chi connectivity index (χ0v) is 30.1. The van der Waals surface area contributed by atoms with Crippen LogP contribution in [0, 0.1) is 23.7 Å². The van der Waals surface area contributed by atoms with Gasteiger partial charge in [-0.15, -0.1) is 0 Å². The molecule has 4 aromatic rings. The van der Waals surface area contributed by atoms with Gasteiger partial charge in [-0.25, -0.2) is 9.97 Å². The van der Waals surface area contributed by atoms with Gasteiger partial charge in [-0.3, -0.25) is 14.4 Å². The number of aromatic nitrogens is 3. The summed E-state index contributed by atoms with van der Waals surface area (Å²) in [5.41, 5.74) is 5.23. The van der Waals surface area contributed by atoms with E-state index in [1.54, 1.807) is 19.2 Å². The van der Waals surface area contributed by atoms with Crippen molar-refractivity contribution in [2.45, 2.75) is 77.2 Å². The van der Waals surface area contributed by atoms with Gasteiger partial charge >= 0.3 is 5.97 Å². The summed E-state index contributed by atoms with van der Waals surface area (Å²) < 4.78 is 5.30. The van der Waals surface area contributed by atoms with Crippen LogP contribution in [0.3, 0.4) is 0 Å². The van der Waals surface area contributed by atoms with E-state index in [-0.39, 0.29) is 25.4 Å². The molecular weight excluding hydrogens is 654 g/mol. The highest BCUT2D eigenvalue weighted by Gasteiger charge is 2.39. The lowest BCUT2D eigenvalue weighted by atomic mass is 9.70. The van der Waals surface area contributed by atoms with Crippen molar-refractivity contribution in [1.82, 2.24) is 25.2 Å². The Bertz CT molecular complexity index is 1920. The van der Waals surface area contributed by atoms with E-state index in [1.165, 1.54) is 55.4 Å². The van der Waals surface area contributed by atoms with Crippen LogP contribution in [-0.2, 0) is 16.0 Å². The molecule has 2 fully saturated rings. The summed E-state index contributed by atoms with van der Waals surface area (Å²) in [5, 5.41) is 13.1. The smallest absolute Gasteiger partial charge is 0.310 e. The topological polar surface area (TPSA) is 138 Å². The number of allylic oxidation sites excluding steroid dienone is 2. The molecule has 2 atom stereocenters. The molecule has 2 aromatic carbocycles. The minimum absolute atomic E-state index is 0.122. The molecule has 1 aliphatic heterocycles. The number of carboxylic acid groups (broad SMARTS) is 1. The third-order valence-corrected chi connectivity index (χ3v) is 11.6. The van der Waals surface area contributed by atoms with Crippen molar-refractivity contribution in [3.63, 3.8) is 0 Å². The van der Waals surface area contributed by atoms with E-state index in [2.05, 4.69) is 23.3 Å². The first-order valence-corrected chi connectivity index (χ1v) is 18.9. The predicted octanol–water partition coefficient (Wildman–Crippen LogP) is 7.31. The number of rotatable bonds is 12. The van der Waals surface area contributed by atoms with E-state index >= 15 is 0 Å². The van der Waals surface area contributed by atoms with Crippen molar-refractivity contribution in [2.75, 3.05) is 20.2 Å². The summed E-state index contributed by atoms with van der Waals surface area (Å²) in [6.45, 7) is 2.55. The second-order valence-electron chi connectivity index (χ2n) is 15.0. The number of H-pyrrole nitrogens is 1. The summed E-state index contributed by atoms with van der Waals surface area (Å²) in [5.74, 6) is 1.67. The number of benzene rings is 2. The lowest BCUT2D eigenvalue weighted by molar-refractivity contribution is -0.153. The maximum absolute atomic E-state index is 13.6. The Morgan fingerprint density at radius 2 is 1.71 bits per heavy atom. The van der Waals surface area contributed by atoms with Gasteiger partial charge in [-0.1, -0.05) is 62.9 Å². The number of ether oxygens (including phenoxy) is 1. The van der Waals surface area contributed by atoms with Crippen LogP contribution in [-0.4, -0.2) is 69.0 Å². The first-order valence-electron chi connectivity index (χ1n) is 18.9. The number of hydrogen-bond acceptors (Lipinski definition) is 6. The first-order chi connectivity index (χ1) is 25.3. The average Bonchev–Trinajstić information content (AvgIpc) is 3.59. The number of amides is 2. The van der Waals surface area contributed by atoms with Crippen LogP contribution < -0.4 is 10.1 Å². The minimum atomic E-state index is -0.928. The molecule has 272 valence electrons. The number of carbonyl (C=O) groups is 3. The fourth-order valence-electron chi connectivity index (χ4n) is 8.40. The van der Waals surface area contributed by atoms with E-state index in [0.29, 0.717) is 17.3 Å². The molecule has 0 spiro atoms. The van der Waals surface area contributed by atoms with Crippen molar-refractivity contribution >= 4 is 34.3 Å². The highest BCUT2D eigenvalue weighted by molar-refractivity contribution is 6.00. The molecule has 2 aromatic heterocycles. The van der Waals surface area contributed by atoms with Crippen molar-refractivity contribution in [3.8, 4) is 17.1 Å². The van der Waals surface area contributed by atoms with Crippen molar-refractivity contribution in [1.29, 1.82) is 0 Å². The molecule has 1 saturated heterocycles. The molecule has 2 unspecified atom stereocenters. The fraction of sp³-hybridized carbons (Fsp3) is 0.452. The quantitative estimate of drug-likeness (QED) is 0.141. The SMILES string of the molecule is CCCC1CCC(C2CC=C(c3cnc(-c4ccc(CC(NC(=O)c5cc6cc(OC)ccc6[nH]5)C(=O)N5CC(C(=O)O)C5)cc4)nc3)CC2)CC1. The summed E-state index contributed by atoms with van der Waals surface area (Å²) in [6, 6.07) is 14.0. The number of hydrogen-bond donors (Lipinski definition) is 3. The van der Waals surface area contributed by atoms with Gasteiger partial charge in [0, 0.05) is 53.9 Å². The Balaban J connectivity index is 0.991. The molecule has 2 aliphatic carbocycles. The van der Waals surface area contributed by atoms with Gasteiger partial charge in [0.05, 0.1) is 13.0 Å². The molecule has 3 heterocycles. The summed E-state index contributed by atoms with van der Waals surface area (Å²) in [7, 11) is 1.58. The average molecular weight is 704 g/mol. The molecule has 10 heteroatoms. The maximum Gasteiger partial charge on any atom is 0.310 e. The Labute approximate surface area is 305 Å². The predicted molar refractivity (Wildman–Crippen MR) is 201 cm³/mol. The minimum Gasteiger partial charge on any atom is -0.497 e. The highest BCUT2D eigenvalue weighted by Crippen LogP contribution is 2.42. The van der Waals surface area contributed by atoms with Crippen molar-refractivity contribution < 1.29 is 24.2 Å². The van der Waals surface area contributed by atoms with Crippen LogP contribution in [0.5, 0.6) is 5.75 Å². The number of likely N-dealkylation sites (tertiary alicyclic amines) is 1. The summed E-state index contributed by atoms with van der Waals surface area (Å²) >= 11 is 0. The molecule has 0 radical (unpaired) electrons. The summed E-state index contributed by atoms with van der Waals surface area (Å²) in [6.07, 6.45) is 18.3. The molecule has 2 amide bonds. The number of carboxylic acids is 1. The number of methoxy groups -OCH3 is 1. The molecule has 7 rings (SSSR count). The number of aromatic amines is 1. The lowest BCUT2D eigenvalue weighted by Gasteiger charge is -2.38. The van der Waals surface area contributed by atoms with E-state index in [1.807, 2.05) is 48.8 Å². The van der Waals surface area contributed by atoms with Gasteiger partial charge < -0.3 is 25.0 Å². The third kappa shape index (κ3) is 7.91. The van der Waals surface area contributed by atoms with Gasteiger partial charge in [-0.2, -0.15) is 0 Å². The first kappa shape index (κ1) is 35.4. The second kappa shape index (κ2) is 15.7. The van der Waals surface area contributed by atoms with Crippen LogP contribution in [0.1, 0.15) is 86.3 Å². The van der Waals surface area contributed by atoms with E-state index in [9.17, 15) is 19.5 Å². The molecule has 3 N–H and O–H groups in total. The van der Waals surface area contributed by atoms with E-state index in [0.717, 1.165) is 58.2 Å². The highest BCUT2D eigenvalue weighted by atomic mass is 16.5. The number of nitrogens with one attached hydrogen (secondary N) is 2. The van der Waals surface area contributed by atoms with Crippen LogP contribution >= 0.6 is 0 Å². The Kier molecular flexibility index (Phi) is 10.7. The Morgan fingerprint density at radius 1 is 0.962 bits per heavy atom. The molecule has 1 saturated carbocycles. The second-order valence-corrected chi connectivity index (χ2v) is 15.0. The largest absolute Gasteiger partial charge is 0.497 e. The fourth-order valence-corrected chi connectivity index (χ4v) is 8.40. The van der Waals surface area contributed by atoms with Gasteiger partial charge in [-0.05, 0) is 85.3 Å². The lowest BCUT2D eigenvalue weighted by Crippen LogP contribution is -2.59. The number of carbonyl (C=O) groups excluding carboxylic acids is 2. The molecule has 3 aliphatic rings. The summed E-state index contributed by atoms with van der Waals surface area (Å²) in [4.78, 5) is 52.4. The van der Waals surface area contributed by atoms with E-state index in [4.69, 9.17) is 14.7 Å². The third-order valence-electron chi connectivity index (χ3n) is 11.6. The maximum atomic E-state index is 13.6. The number of aliphatic carboxylic acids is 1. The molecular formula is C42H49N5O5. The van der Waals surface area contributed by atoms with Gasteiger partial charge in [0.1, 0.15) is 17.5 Å². The Hall–Kier alpha value is -4.99. The number of nitrogens with zero attached hydrogens (tertiary/aromatic N) is 3. The van der Waals surface area contributed by atoms with Gasteiger partial charge in [0.25, 0.3) is 5.91 Å². The van der Waals surface area contributed by atoms with Crippen LogP contribution in [0.2, 0.25) is 0 Å². The van der Waals surface area contributed by atoms with Crippen LogP contribution in [0.4, 0.5) is 0 Å². The van der Waals surface area contributed by atoms with Crippen molar-refractivity contribution in [2.24, 2.45) is 23.7 Å².